The van der Waals surface area contributed by atoms with E-state index in [4.69, 9.17) is 16.3 Å². The van der Waals surface area contributed by atoms with Crippen LogP contribution in [0.15, 0.2) is 48.5 Å². The molecule has 0 bridgehead atoms. The van der Waals surface area contributed by atoms with E-state index in [2.05, 4.69) is 5.32 Å². The molecule has 2 aromatic carbocycles. The van der Waals surface area contributed by atoms with Crippen LogP contribution < -0.4 is 10.1 Å². The number of halogens is 2. The van der Waals surface area contributed by atoms with Gasteiger partial charge in [-0.2, -0.15) is 0 Å². The first-order chi connectivity index (χ1) is 8.29. The normalized spacial score (nSPS) is 9.44. The smallest absolute Gasteiger partial charge is 0.121 e. The van der Waals surface area contributed by atoms with Crippen LogP contribution in [0.3, 0.4) is 0 Å². The van der Waals surface area contributed by atoms with Crippen LogP contribution in [0.1, 0.15) is 5.56 Å². The lowest BCUT2D eigenvalue weighted by atomic mass is 10.2. The second kappa shape index (κ2) is 7.14. The van der Waals surface area contributed by atoms with Crippen molar-refractivity contribution in [2.24, 2.45) is 0 Å². The standard InChI is InChI=1S/C14H14ClNO.ClH/c1-16-14-8-7-12(9-13(14)15)17-10-11-5-3-2-4-6-11;/h2-9,16H,10H2,1H3;1H. The van der Waals surface area contributed by atoms with E-state index >= 15 is 0 Å². The molecule has 2 nitrogen and oxygen atoms in total. The second-order valence-electron chi connectivity index (χ2n) is 3.67. The third-order valence-corrected chi connectivity index (χ3v) is 2.77. The first-order valence-corrected chi connectivity index (χ1v) is 5.81. The Labute approximate surface area is 118 Å². The monoisotopic (exact) mass is 283 g/mol. The summed E-state index contributed by atoms with van der Waals surface area (Å²) in [6, 6.07) is 15.7. The average molecular weight is 284 g/mol. The van der Waals surface area contributed by atoms with Gasteiger partial charge in [0.2, 0.25) is 0 Å². The molecule has 0 aromatic heterocycles. The van der Waals surface area contributed by atoms with E-state index in [1.165, 1.54) is 0 Å². The largest absolute Gasteiger partial charge is 0.489 e. The molecule has 2 rings (SSSR count). The summed E-state index contributed by atoms with van der Waals surface area (Å²) in [4.78, 5) is 0. The summed E-state index contributed by atoms with van der Waals surface area (Å²) < 4.78 is 5.66. The number of benzene rings is 2. The first kappa shape index (κ1) is 14.7. The molecule has 0 fully saturated rings. The lowest BCUT2D eigenvalue weighted by Gasteiger charge is -2.08. The first-order valence-electron chi connectivity index (χ1n) is 5.43. The van der Waals surface area contributed by atoms with Crippen molar-refractivity contribution in [2.45, 2.75) is 6.61 Å². The predicted octanol–water partition coefficient (Wildman–Crippen LogP) is 4.38. The Bertz CT molecular complexity index is 488. The van der Waals surface area contributed by atoms with E-state index in [9.17, 15) is 0 Å². The Balaban J connectivity index is 0.00000162. The van der Waals surface area contributed by atoms with Gasteiger partial charge in [-0.15, -0.1) is 12.4 Å². The van der Waals surface area contributed by atoms with Crippen molar-refractivity contribution in [1.29, 1.82) is 0 Å². The van der Waals surface area contributed by atoms with Crippen LogP contribution in [0.5, 0.6) is 5.75 Å². The maximum atomic E-state index is 6.07. The van der Waals surface area contributed by atoms with Gasteiger partial charge in [0, 0.05) is 13.1 Å². The molecule has 0 radical (unpaired) electrons. The van der Waals surface area contributed by atoms with E-state index in [0.29, 0.717) is 11.6 Å². The van der Waals surface area contributed by atoms with Gasteiger partial charge < -0.3 is 10.1 Å². The second-order valence-corrected chi connectivity index (χ2v) is 4.07. The van der Waals surface area contributed by atoms with Crippen LogP contribution in [-0.2, 0) is 6.61 Å². The number of nitrogens with one attached hydrogen (secondary N) is 1. The Morgan fingerprint density at radius 1 is 1.11 bits per heavy atom. The minimum Gasteiger partial charge on any atom is -0.489 e. The summed E-state index contributed by atoms with van der Waals surface area (Å²) in [7, 11) is 1.84. The molecule has 0 aliphatic heterocycles. The summed E-state index contributed by atoms with van der Waals surface area (Å²) >= 11 is 6.07. The van der Waals surface area contributed by atoms with Crippen molar-refractivity contribution in [2.75, 3.05) is 12.4 Å². The Morgan fingerprint density at radius 3 is 2.44 bits per heavy atom. The molecule has 0 amide bonds. The third-order valence-electron chi connectivity index (χ3n) is 2.46. The van der Waals surface area contributed by atoms with Gasteiger partial charge in [0.05, 0.1) is 10.7 Å². The highest BCUT2D eigenvalue weighted by Gasteiger charge is 2.01. The number of rotatable bonds is 4. The molecule has 4 heteroatoms. The SMILES string of the molecule is CNc1ccc(OCc2ccccc2)cc1Cl.Cl. The topological polar surface area (TPSA) is 21.3 Å². The van der Waals surface area contributed by atoms with Gasteiger partial charge in [0.25, 0.3) is 0 Å². The lowest BCUT2D eigenvalue weighted by Crippen LogP contribution is -1.96. The van der Waals surface area contributed by atoms with Crippen LogP contribution in [0.25, 0.3) is 0 Å². The van der Waals surface area contributed by atoms with E-state index in [-0.39, 0.29) is 12.4 Å². The minimum atomic E-state index is 0. The molecule has 0 aliphatic rings. The van der Waals surface area contributed by atoms with Crippen molar-refractivity contribution in [1.82, 2.24) is 0 Å². The highest BCUT2D eigenvalue weighted by Crippen LogP contribution is 2.26. The zero-order chi connectivity index (χ0) is 12.1. The molecule has 0 saturated heterocycles. The average Bonchev–Trinajstić information content (AvgIpc) is 2.38. The van der Waals surface area contributed by atoms with Gasteiger partial charge in [0.1, 0.15) is 12.4 Å². The van der Waals surface area contributed by atoms with E-state index in [1.54, 1.807) is 0 Å². The van der Waals surface area contributed by atoms with Gasteiger partial charge in [-0.1, -0.05) is 41.9 Å². The Hall–Kier alpha value is -1.38. The Morgan fingerprint density at radius 2 is 1.83 bits per heavy atom. The van der Waals surface area contributed by atoms with Crippen LogP contribution in [-0.4, -0.2) is 7.05 Å². The lowest BCUT2D eigenvalue weighted by molar-refractivity contribution is 0.306. The van der Waals surface area contributed by atoms with Crippen molar-refractivity contribution >= 4 is 29.7 Å². The maximum Gasteiger partial charge on any atom is 0.121 e. The molecular weight excluding hydrogens is 269 g/mol. The van der Waals surface area contributed by atoms with Crippen LogP contribution in [0.2, 0.25) is 5.02 Å². The van der Waals surface area contributed by atoms with Gasteiger partial charge in [-0.3, -0.25) is 0 Å². The zero-order valence-corrected chi connectivity index (χ0v) is 11.6. The van der Waals surface area contributed by atoms with Gasteiger partial charge >= 0.3 is 0 Å². The number of ether oxygens (including phenoxy) is 1. The molecule has 1 N–H and O–H groups in total. The fourth-order valence-electron chi connectivity index (χ4n) is 1.53. The quantitative estimate of drug-likeness (QED) is 0.899. The summed E-state index contributed by atoms with van der Waals surface area (Å²) in [5.41, 5.74) is 2.04. The molecule has 2 aromatic rings. The minimum absolute atomic E-state index is 0. The summed E-state index contributed by atoms with van der Waals surface area (Å²) in [5, 5.41) is 3.67. The molecule has 0 atom stereocenters. The van der Waals surface area contributed by atoms with E-state index < -0.39 is 0 Å². The molecule has 0 aliphatic carbocycles. The van der Waals surface area contributed by atoms with Crippen LogP contribution in [0.4, 0.5) is 5.69 Å². The molecule has 0 heterocycles. The van der Waals surface area contributed by atoms with Crippen molar-refractivity contribution in [3.63, 3.8) is 0 Å². The highest BCUT2D eigenvalue weighted by atomic mass is 35.5. The number of anilines is 1. The predicted molar refractivity (Wildman–Crippen MR) is 79.0 cm³/mol. The van der Waals surface area contributed by atoms with Gasteiger partial charge in [0.15, 0.2) is 0 Å². The third kappa shape index (κ3) is 3.83. The van der Waals surface area contributed by atoms with Crippen LogP contribution >= 0.6 is 24.0 Å². The van der Waals surface area contributed by atoms with E-state index in [1.807, 2.05) is 55.6 Å². The van der Waals surface area contributed by atoms with Gasteiger partial charge in [-0.25, -0.2) is 0 Å². The van der Waals surface area contributed by atoms with Crippen molar-refractivity contribution in [3.8, 4) is 5.75 Å². The van der Waals surface area contributed by atoms with E-state index in [0.717, 1.165) is 17.0 Å². The van der Waals surface area contributed by atoms with Crippen molar-refractivity contribution < 1.29 is 4.74 Å². The molecule has 0 unspecified atom stereocenters. The summed E-state index contributed by atoms with van der Waals surface area (Å²) in [6.07, 6.45) is 0. The molecule has 0 saturated carbocycles. The molecule has 0 spiro atoms. The summed E-state index contributed by atoms with van der Waals surface area (Å²) in [6.45, 7) is 0.552. The molecule has 96 valence electrons. The zero-order valence-electron chi connectivity index (χ0n) is 10.0. The molecular formula is C14H15Cl2NO. The molecule has 18 heavy (non-hydrogen) atoms. The fraction of sp³-hybridized carbons (Fsp3) is 0.143. The highest BCUT2D eigenvalue weighted by molar-refractivity contribution is 6.33. The van der Waals surface area contributed by atoms with Crippen molar-refractivity contribution in [3.05, 3.63) is 59.1 Å². The number of hydrogen-bond acceptors (Lipinski definition) is 2. The number of hydrogen-bond donors (Lipinski definition) is 1. The van der Waals surface area contributed by atoms with Crippen LogP contribution in [0, 0.1) is 0 Å². The maximum absolute atomic E-state index is 6.07. The Kier molecular flexibility index (Phi) is 5.83. The summed E-state index contributed by atoms with van der Waals surface area (Å²) in [5.74, 6) is 0.776. The van der Waals surface area contributed by atoms with Gasteiger partial charge in [-0.05, 0) is 17.7 Å². The fourth-order valence-corrected chi connectivity index (χ4v) is 1.79.